The van der Waals surface area contributed by atoms with E-state index in [0.29, 0.717) is 31.0 Å². The van der Waals surface area contributed by atoms with E-state index in [1.54, 1.807) is 9.58 Å². The fourth-order valence-corrected chi connectivity index (χ4v) is 2.14. The molecule has 0 unspecified atom stereocenters. The lowest BCUT2D eigenvalue weighted by molar-refractivity contribution is 0.0738. The van der Waals surface area contributed by atoms with E-state index in [2.05, 4.69) is 25.0 Å². The lowest BCUT2D eigenvalue weighted by Gasteiger charge is -2.23. The van der Waals surface area contributed by atoms with Gasteiger partial charge in [0.1, 0.15) is 0 Å². The second-order valence-electron chi connectivity index (χ2n) is 5.22. The van der Waals surface area contributed by atoms with Crippen molar-refractivity contribution >= 4 is 5.91 Å². The number of carbonyl (C=O) groups is 1. The molecule has 1 amide bonds. The molecule has 0 fully saturated rings. The highest BCUT2D eigenvalue weighted by Gasteiger charge is 2.23. The molecule has 0 aliphatic rings. The van der Waals surface area contributed by atoms with Gasteiger partial charge in [-0.15, -0.1) is 0 Å². The van der Waals surface area contributed by atoms with Crippen LogP contribution in [-0.2, 0) is 7.05 Å². The quantitative estimate of drug-likeness (QED) is 0.816. The average molecular weight is 262 g/mol. The van der Waals surface area contributed by atoms with Gasteiger partial charge in [-0.2, -0.15) is 10.4 Å². The molecule has 1 heterocycles. The molecule has 19 heavy (non-hydrogen) atoms. The standard InChI is InChI=1S/C14H22N4O/c1-10(2)9-18(8-6-7-15)14(19)13-11(3)16-17(5)12(13)4/h10H,6,8-9H2,1-5H3. The fourth-order valence-electron chi connectivity index (χ4n) is 2.14. The van der Waals surface area contributed by atoms with E-state index < -0.39 is 0 Å². The van der Waals surface area contributed by atoms with E-state index in [0.717, 1.165) is 11.4 Å². The first-order valence-electron chi connectivity index (χ1n) is 6.54. The van der Waals surface area contributed by atoms with E-state index in [1.807, 2.05) is 20.9 Å². The molecule has 0 spiro atoms. The maximum atomic E-state index is 12.6. The van der Waals surface area contributed by atoms with Crippen molar-refractivity contribution in [3.8, 4) is 6.07 Å². The number of aromatic nitrogens is 2. The van der Waals surface area contributed by atoms with Crippen LogP contribution in [0.1, 0.15) is 42.0 Å². The third kappa shape index (κ3) is 3.57. The molecule has 0 aliphatic carbocycles. The maximum absolute atomic E-state index is 12.6. The van der Waals surface area contributed by atoms with E-state index >= 15 is 0 Å². The summed E-state index contributed by atoms with van der Waals surface area (Å²) >= 11 is 0. The molecule has 0 saturated heterocycles. The van der Waals surface area contributed by atoms with Crippen LogP contribution in [0.5, 0.6) is 0 Å². The van der Waals surface area contributed by atoms with Gasteiger partial charge in [0.2, 0.25) is 0 Å². The molecule has 0 saturated carbocycles. The normalized spacial score (nSPS) is 10.6. The number of rotatable bonds is 5. The predicted molar refractivity (Wildman–Crippen MR) is 73.7 cm³/mol. The lowest BCUT2D eigenvalue weighted by atomic mass is 10.1. The van der Waals surface area contributed by atoms with Crippen molar-refractivity contribution in [2.24, 2.45) is 13.0 Å². The SMILES string of the molecule is Cc1nn(C)c(C)c1C(=O)N(CCC#N)CC(C)C. The van der Waals surface area contributed by atoms with Gasteiger partial charge in [0.05, 0.1) is 23.7 Å². The molecule has 0 atom stereocenters. The molecule has 104 valence electrons. The third-order valence-electron chi connectivity index (χ3n) is 3.09. The van der Waals surface area contributed by atoms with Crippen LogP contribution in [0.2, 0.25) is 0 Å². The summed E-state index contributed by atoms with van der Waals surface area (Å²) in [5.41, 5.74) is 2.28. The topological polar surface area (TPSA) is 61.9 Å². The number of amides is 1. The molecule has 0 radical (unpaired) electrons. The Labute approximate surface area is 114 Å². The van der Waals surface area contributed by atoms with Crippen molar-refractivity contribution in [1.82, 2.24) is 14.7 Å². The summed E-state index contributed by atoms with van der Waals surface area (Å²) in [6, 6.07) is 2.10. The van der Waals surface area contributed by atoms with Crippen molar-refractivity contribution in [2.75, 3.05) is 13.1 Å². The molecule has 0 N–H and O–H groups in total. The minimum Gasteiger partial charge on any atom is -0.337 e. The van der Waals surface area contributed by atoms with E-state index in [4.69, 9.17) is 5.26 Å². The Morgan fingerprint density at radius 3 is 2.53 bits per heavy atom. The van der Waals surface area contributed by atoms with Gasteiger partial charge in [-0.3, -0.25) is 9.48 Å². The van der Waals surface area contributed by atoms with Crippen molar-refractivity contribution in [3.63, 3.8) is 0 Å². The highest BCUT2D eigenvalue weighted by atomic mass is 16.2. The third-order valence-corrected chi connectivity index (χ3v) is 3.09. The van der Waals surface area contributed by atoms with Crippen LogP contribution < -0.4 is 0 Å². The number of nitriles is 1. The van der Waals surface area contributed by atoms with Crippen molar-refractivity contribution in [2.45, 2.75) is 34.1 Å². The summed E-state index contributed by atoms with van der Waals surface area (Å²) in [6.45, 7) is 9.00. The molecule has 1 aromatic rings. The number of hydrogen-bond donors (Lipinski definition) is 0. The van der Waals surface area contributed by atoms with Crippen LogP contribution in [0.3, 0.4) is 0 Å². The predicted octanol–water partition coefficient (Wildman–Crippen LogP) is 2.05. The molecule has 0 aliphatic heterocycles. The summed E-state index contributed by atoms with van der Waals surface area (Å²) in [7, 11) is 1.83. The van der Waals surface area contributed by atoms with Gasteiger partial charge >= 0.3 is 0 Å². The van der Waals surface area contributed by atoms with Crippen molar-refractivity contribution in [3.05, 3.63) is 17.0 Å². The molecular weight excluding hydrogens is 240 g/mol. The van der Waals surface area contributed by atoms with Gasteiger partial charge in [0.25, 0.3) is 5.91 Å². The zero-order valence-electron chi connectivity index (χ0n) is 12.4. The highest BCUT2D eigenvalue weighted by Crippen LogP contribution is 2.16. The Kier molecular flexibility index (Phi) is 5.11. The molecular formula is C14H22N4O. The molecule has 0 aromatic carbocycles. The molecule has 0 bridgehead atoms. The van der Waals surface area contributed by atoms with Gasteiger partial charge in [-0.25, -0.2) is 0 Å². The summed E-state index contributed by atoms with van der Waals surface area (Å²) in [4.78, 5) is 14.4. The minimum absolute atomic E-state index is 0.0212. The zero-order valence-corrected chi connectivity index (χ0v) is 12.4. The first-order chi connectivity index (χ1) is 8.88. The number of nitrogens with zero attached hydrogens (tertiary/aromatic N) is 4. The van der Waals surface area contributed by atoms with E-state index in [1.165, 1.54) is 0 Å². The van der Waals surface area contributed by atoms with Crippen LogP contribution in [0.4, 0.5) is 0 Å². The average Bonchev–Trinajstić information content (AvgIpc) is 2.57. The maximum Gasteiger partial charge on any atom is 0.257 e. The summed E-state index contributed by atoms with van der Waals surface area (Å²) in [5, 5.41) is 13.0. The van der Waals surface area contributed by atoms with Gasteiger partial charge < -0.3 is 4.90 Å². The summed E-state index contributed by atoms with van der Waals surface area (Å²) in [6.07, 6.45) is 0.358. The zero-order chi connectivity index (χ0) is 14.6. The lowest BCUT2D eigenvalue weighted by Crippen LogP contribution is -2.35. The molecule has 5 heteroatoms. The van der Waals surface area contributed by atoms with Crippen LogP contribution in [0, 0.1) is 31.1 Å². The monoisotopic (exact) mass is 262 g/mol. The summed E-state index contributed by atoms with van der Waals surface area (Å²) in [5.74, 6) is 0.354. The second kappa shape index (κ2) is 6.37. The van der Waals surface area contributed by atoms with E-state index in [9.17, 15) is 4.79 Å². The molecule has 1 aromatic heterocycles. The number of aryl methyl sites for hydroxylation is 2. The van der Waals surface area contributed by atoms with E-state index in [-0.39, 0.29) is 5.91 Å². The fraction of sp³-hybridized carbons (Fsp3) is 0.643. The van der Waals surface area contributed by atoms with Crippen LogP contribution >= 0.6 is 0 Å². The Hall–Kier alpha value is -1.83. The first-order valence-corrected chi connectivity index (χ1v) is 6.54. The number of hydrogen-bond acceptors (Lipinski definition) is 3. The largest absolute Gasteiger partial charge is 0.337 e. The Balaban J connectivity index is 3.01. The van der Waals surface area contributed by atoms with Gasteiger partial charge in [0.15, 0.2) is 0 Å². The Bertz CT molecular complexity index is 496. The Morgan fingerprint density at radius 2 is 2.11 bits per heavy atom. The van der Waals surface area contributed by atoms with Crippen molar-refractivity contribution < 1.29 is 4.79 Å². The second-order valence-corrected chi connectivity index (χ2v) is 5.22. The minimum atomic E-state index is -0.0212. The van der Waals surface area contributed by atoms with Crippen LogP contribution in [-0.4, -0.2) is 33.7 Å². The van der Waals surface area contributed by atoms with Crippen LogP contribution in [0.15, 0.2) is 0 Å². The van der Waals surface area contributed by atoms with Crippen molar-refractivity contribution in [1.29, 1.82) is 5.26 Å². The van der Waals surface area contributed by atoms with Crippen LogP contribution in [0.25, 0.3) is 0 Å². The van der Waals surface area contributed by atoms with Gasteiger partial charge in [0, 0.05) is 25.8 Å². The smallest absolute Gasteiger partial charge is 0.257 e. The first kappa shape index (κ1) is 15.2. The number of carbonyl (C=O) groups excluding carboxylic acids is 1. The molecule has 5 nitrogen and oxygen atoms in total. The Morgan fingerprint density at radius 1 is 1.47 bits per heavy atom. The van der Waals surface area contributed by atoms with Gasteiger partial charge in [-0.05, 0) is 19.8 Å². The molecule has 1 rings (SSSR count). The highest BCUT2D eigenvalue weighted by molar-refractivity contribution is 5.96. The van der Waals surface area contributed by atoms with Gasteiger partial charge in [-0.1, -0.05) is 13.8 Å². The summed E-state index contributed by atoms with van der Waals surface area (Å²) < 4.78 is 1.72.